The Morgan fingerprint density at radius 2 is 1.83 bits per heavy atom. The summed E-state index contributed by atoms with van der Waals surface area (Å²) in [4.78, 5) is 0. The zero-order valence-electron chi connectivity index (χ0n) is 15.6. The molecule has 0 spiro atoms. The van der Waals surface area contributed by atoms with E-state index in [1.54, 1.807) is 18.3 Å². The number of benzene rings is 1. The fourth-order valence-electron chi connectivity index (χ4n) is 3.98. The average Bonchev–Trinajstić information content (AvgIpc) is 3.59. The number of hydrogen-bond donors (Lipinski definition) is 1. The predicted octanol–water partition coefficient (Wildman–Crippen LogP) is 5.06. The summed E-state index contributed by atoms with van der Waals surface area (Å²) < 4.78 is 56.0. The molecule has 152 valence electrons. The van der Waals surface area contributed by atoms with Gasteiger partial charge in [0.15, 0.2) is 5.65 Å². The normalized spacial score (nSPS) is 21.5. The van der Waals surface area contributed by atoms with E-state index in [2.05, 4.69) is 15.5 Å². The maximum atomic E-state index is 13.8. The third-order valence-electron chi connectivity index (χ3n) is 5.88. The van der Waals surface area contributed by atoms with Crippen molar-refractivity contribution < 1.29 is 17.6 Å². The van der Waals surface area contributed by atoms with Gasteiger partial charge in [-0.05, 0) is 60.8 Å². The number of rotatable bonds is 6. The number of fused-ring (bicyclic) bond motifs is 1. The molecule has 3 aromatic rings. The monoisotopic (exact) mass is 404 g/mol. The van der Waals surface area contributed by atoms with E-state index in [4.69, 9.17) is 0 Å². The van der Waals surface area contributed by atoms with E-state index in [0.29, 0.717) is 24.7 Å². The maximum Gasteiger partial charge on any atom is 0.422 e. The zero-order chi connectivity index (χ0) is 20.2. The number of aromatic nitrogens is 3. The molecule has 1 N–H and O–H groups in total. The lowest BCUT2D eigenvalue weighted by Crippen LogP contribution is -2.15. The molecule has 5 rings (SSSR count). The van der Waals surface area contributed by atoms with Crippen LogP contribution in [0.25, 0.3) is 5.65 Å². The Balaban J connectivity index is 1.36. The molecule has 2 aromatic heterocycles. The van der Waals surface area contributed by atoms with E-state index in [0.717, 1.165) is 24.8 Å². The van der Waals surface area contributed by atoms with Crippen molar-refractivity contribution in [1.29, 1.82) is 0 Å². The van der Waals surface area contributed by atoms with Gasteiger partial charge in [0.05, 0.1) is 5.69 Å². The molecular formula is C21H20F4N4. The van der Waals surface area contributed by atoms with Gasteiger partial charge >= 0.3 is 6.18 Å². The minimum atomic E-state index is -4.53. The molecular weight excluding hydrogens is 384 g/mol. The number of nitrogens with zero attached hydrogens (tertiary/aromatic N) is 3. The van der Waals surface area contributed by atoms with Gasteiger partial charge in [0.25, 0.3) is 0 Å². The Morgan fingerprint density at radius 1 is 1.07 bits per heavy atom. The first-order valence-electron chi connectivity index (χ1n) is 9.83. The summed E-state index contributed by atoms with van der Waals surface area (Å²) in [5, 5.41) is 10.8. The summed E-state index contributed by atoms with van der Waals surface area (Å²) in [6.45, 7) is 0.421. The van der Waals surface area contributed by atoms with Gasteiger partial charge in [-0.3, -0.25) is 4.40 Å². The Labute approximate surface area is 164 Å². The van der Waals surface area contributed by atoms with Crippen LogP contribution in [0.1, 0.15) is 42.1 Å². The predicted molar refractivity (Wildman–Crippen MR) is 100 cm³/mol. The number of nitrogens with one attached hydrogen (secondary N) is 1. The van der Waals surface area contributed by atoms with Crippen molar-refractivity contribution in [2.24, 2.45) is 11.8 Å². The fraction of sp³-hybridized carbons (Fsp3) is 0.429. The van der Waals surface area contributed by atoms with Gasteiger partial charge in [0.2, 0.25) is 0 Å². The average molecular weight is 404 g/mol. The van der Waals surface area contributed by atoms with Crippen LogP contribution in [0, 0.1) is 17.7 Å². The molecule has 0 amide bonds. The third-order valence-corrected chi connectivity index (χ3v) is 5.88. The van der Waals surface area contributed by atoms with E-state index >= 15 is 0 Å². The van der Waals surface area contributed by atoms with Gasteiger partial charge in [0, 0.05) is 19.2 Å². The Morgan fingerprint density at radius 3 is 2.52 bits per heavy atom. The molecule has 29 heavy (non-hydrogen) atoms. The second kappa shape index (κ2) is 6.71. The summed E-state index contributed by atoms with van der Waals surface area (Å²) in [7, 11) is 0. The highest BCUT2D eigenvalue weighted by molar-refractivity contribution is 5.65. The lowest BCUT2D eigenvalue weighted by Gasteiger charge is -2.15. The number of alkyl halides is 3. The second-order valence-electron chi connectivity index (χ2n) is 8.09. The second-order valence-corrected chi connectivity index (χ2v) is 8.09. The molecule has 0 bridgehead atoms. The first-order chi connectivity index (χ1) is 13.9. The minimum Gasteiger partial charge on any atom is -0.384 e. The largest absolute Gasteiger partial charge is 0.422 e. The molecule has 2 aliphatic rings. The van der Waals surface area contributed by atoms with Crippen LogP contribution < -0.4 is 5.32 Å². The molecule has 0 unspecified atom stereocenters. The van der Waals surface area contributed by atoms with Gasteiger partial charge in [-0.1, -0.05) is 12.1 Å². The highest BCUT2D eigenvalue weighted by Gasteiger charge is 2.40. The van der Waals surface area contributed by atoms with Crippen LogP contribution >= 0.6 is 0 Å². The van der Waals surface area contributed by atoms with Gasteiger partial charge in [0.1, 0.15) is 17.2 Å². The molecule has 2 fully saturated rings. The lowest BCUT2D eigenvalue weighted by molar-refractivity contribution is -0.136. The molecule has 8 heteroatoms. The minimum absolute atomic E-state index is 0.0279. The van der Waals surface area contributed by atoms with E-state index < -0.39 is 11.7 Å². The van der Waals surface area contributed by atoms with Crippen molar-refractivity contribution in [3.05, 3.63) is 59.3 Å². The highest BCUT2D eigenvalue weighted by Crippen LogP contribution is 2.48. The number of hydrogen-bond acceptors (Lipinski definition) is 3. The van der Waals surface area contributed by atoms with Crippen molar-refractivity contribution >= 4 is 11.3 Å². The summed E-state index contributed by atoms with van der Waals surface area (Å²) in [6, 6.07) is 7.77. The van der Waals surface area contributed by atoms with E-state index in [9.17, 15) is 17.6 Å². The number of anilines is 1. The number of pyridine rings is 1. The molecule has 1 aromatic carbocycles. The topological polar surface area (TPSA) is 42.2 Å². The SMILES string of the molecule is Fc1ccc([C@H]2C[C@@H]2CNc2ccn3c(CC4CC4)nnc3c2C(F)(F)F)cc1. The van der Waals surface area contributed by atoms with Crippen molar-refractivity contribution in [3.8, 4) is 0 Å². The van der Waals surface area contributed by atoms with Gasteiger partial charge in [-0.25, -0.2) is 4.39 Å². The smallest absolute Gasteiger partial charge is 0.384 e. The van der Waals surface area contributed by atoms with Crippen molar-refractivity contribution in [2.75, 3.05) is 11.9 Å². The van der Waals surface area contributed by atoms with Crippen LogP contribution in [0.4, 0.5) is 23.2 Å². The molecule has 0 saturated heterocycles. The summed E-state index contributed by atoms with van der Waals surface area (Å²) in [5.74, 6) is 1.27. The molecule has 2 heterocycles. The molecule has 4 nitrogen and oxygen atoms in total. The van der Waals surface area contributed by atoms with Crippen LogP contribution in [0.3, 0.4) is 0 Å². The maximum absolute atomic E-state index is 13.8. The Hall–Kier alpha value is -2.64. The summed E-state index contributed by atoms with van der Waals surface area (Å²) in [6.07, 6.45) is 0.809. The zero-order valence-corrected chi connectivity index (χ0v) is 15.6. The highest BCUT2D eigenvalue weighted by atomic mass is 19.4. The molecule has 0 aliphatic heterocycles. The van der Waals surface area contributed by atoms with E-state index in [-0.39, 0.29) is 29.0 Å². The lowest BCUT2D eigenvalue weighted by atomic mass is 10.1. The fourth-order valence-corrected chi connectivity index (χ4v) is 3.98. The van der Waals surface area contributed by atoms with Crippen LogP contribution in [0.2, 0.25) is 0 Å². The van der Waals surface area contributed by atoms with Crippen LogP contribution in [-0.4, -0.2) is 21.1 Å². The van der Waals surface area contributed by atoms with Gasteiger partial charge in [-0.2, -0.15) is 13.2 Å². The van der Waals surface area contributed by atoms with Crippen molar-refractivity contribution in [2.45, 2.75) is 37.8 Å². The molecule has 2 saturated carbocycles. The van der Waals surface area contributed by atoms with Crippen molar-refractivity contribution in [3.63, 3.8) is 0 Å². The standard InChI is InChI=1S/C21H20F4N4/c22-15-5-3-13(4-6-15)16-10-14(16)11-26-17-7-8-29-18(9-12-1-2-12)27-28-20(29)19(17)21(23,24)25/h3-8,12,14,16,26H,1-2,9-11H2/t14-,16-/m1/s1. The molecule has 2 atom stereocenters. The van der Waals surface area contributed by atoms with Gasteiger partial charge < -0.3 is 5.32 Å². The third kappa shape index (κ3) is 3.68. The van der Waals surface area contributed by atoms with Crippen LogP contribution in [0.5, 0.6) is 0 Å². The quantitative estimate of drug-likeness (QED) is 0.585. The summed E-state index contributed by atoms with van der Waals surface area (Å²) >= 11 is 0. The Bertz CT molecular complexity index is 1040. The summed E-state index contributed by atoms with van der Waals surface area (Å²) in [5.41, 5.74) is 0.129. The Kier molecular flexibility index (Phi) is 4.26. The van der Waals surface area contributed by atoms with Gasteiger partial charge in [-0.15, -0.1) is 10.2 Å². The van der Waals surface area contributed by atoms with Crippen molar-refractivity contribution in [1.82, 2.24) is 14.6 Å². The van der Waals surface area contributed by atoms with Crippen LogP contribution in [0.15, 0.2) is 36.5 Å². The molecule has 2 aliphatic carbocycles. The molecule has 0 radical (unpaired) electrons. The van der Waals surface area contributed by atoms with E-state index in [1.807, 2.05) is 0 Å². The first-order valence-corrected chi connectivity index (χ1v) is 9.83. The van der Waals surface area contributed by atoms with E-state index in [1.165, 1.54) is 22.6 Å². The first kappa shape index (κ1) is 18.4. The van der Waals surface area contributed by atoms with Crippen LogP contribution in [-0.2, 0) is 12.6 Å². The number of halogens is 4.